The van der Waals surface area contributed by atoms with E-state index in [2.05, 4.69) is 54.7 Å². The predicted octanol–water partition coefficient (Wildman–Crippen LogP) is 4.53. The molecular formula is C19H25NO. The van der Waals surface area contributed by atoms with Crippen LogP contribution in [0.15, 0.2) is 42.5 Å². The van der Waals surface area contributed by atoms with Crippen LogP contribution in [0.5, 0.6) is 5.75 Å². The lowest BCUT2D eigenvalue weighted by Gasteiger charge is -2.25. The molecule has 2 nitrogen and oxygen atoms in total. The van der Waals surface area contributed by atoms with E-state index in [1.165, 1.54) is 42.9 Å². The monoisotopic (exact) mass is 283 g/mol. The van der Waals surface area contributed by atoms with E-state index >= 15 is 0 Å². The summed E-state index contributed by atoms with van der Waals surface area (Å²) in [6.07, 6.45) is 7.00. The summed E-state index contributed by atoms with van der Waals surface area (Å²) < 4.78 is 6.05. The highest BCUT2D eigenvalue weighted by atomic mass is 16.5. The van der Waals surface area contributed by atoms with Gasteiger partial charge in [-0.3, -0.25) is 0 Å². The first-order chi connectivity index (χ1) is 10.3. The first-order valence-electron chi connectivity index (χ1n) is 8.20. The molecule has 2 aromatic rings. The van der Waals surface area contributed by atoms with Crippen LogP contribution in [0.4, 0.5) is 0 Å². The molecule has 2 aromatic carbocycles. The minimum Gasteiger partial charge on any atom is -0.489 e. The molecule has 0 aliphatic heterocycles. The fourth-order valence-corrected chi connectivity index (χ4v) is 3.15. The quantitative estimate of drug-likeness (QED) is 0.870. The van der Waals surface area contributed by atoms with Crippen molar-refractivity contribution < 1.29 is 4.74 Å². The van der Waals surface area contributed by atoms with Crippen molar-refractivity contribution in [1.29, 1.82) is 0 Å². The highest BCUT2D eigenvalue weighted by Gasteiger charge is 2.14. The predicted molar refractivity (Wildman–Crippen MR) is 88.9 cm³/mol. The van der Waals surface area contributed by atoms with E-state index in [9.17, 15) is 0 Å². The molecule has 0 saturated heterocycles. The molecule has 1 aliphatic rings. The molecule has 21 heavy (non-hydrogen) atoms. The molecule has 1 aliphatic carbocycles. The minimum absolute atomic E-state index is 0.202. The van der Waals surface area contributed by atoms with Crippen LogP contribution in [-0.4, -0.2) is 18.7 Å². The van der Waals surface area contributed by atoms with Crippen molar-refractivity contribution in [3.63, 3.8) is 0 Å². The van der Waals surface area contributed by atoms with E-state index in [4.69, 9.17) is 4.74 Å². The van der Waals surface area contributed by atoms with Gasteiger partial charge in [0.25, 0.3) is 0 Å². The first-order valence-corrected chi connectivity index (χ1v) is 8.20. The summed E-state index contributed by atoms with van der Waals surface area (Å²) in [5.41, 5.74) is 0. The van der Waals surface area contributed by atoms with Crippen LogP contribution in [-0.2, 0) is 0 Å². The Morgan fingerprint density at radius 1 is 1.05 bits per heavy atom. The number of nitrogens with one attached hydrogen (secondary N) is 1. The third-order valence-corrected chi connectivity index (χ3v) is 4.36. The average molecular weight is 283 g/mol. The number of fused-ring (bicyclic) bond motifs is 1. The maximum atomic E-state index is 6.05. The van der Waals surface area contributed by atoms with Gasteiger partial charge in [-0.05, 0) is 42.7 Å². The lowest BCUT2D eigenvalue weighted by molar-refractivity contribution is 0.205. The van der Waals surface area contributed by atoms with Crippen LogP contribution in [0.2, 0.25) is 0 Å². The zero-order valence-electron chi connectivity index (χ0n) is 12.8. The van der Waals surface area contributed by atoms with Crippen molar-refractivity contribution in [2.24, 2.45) is 0 Å². The normalized spacial score (nSPS) is 17.8. The van der Waals surface area contributed by atoms with E-state index in [1.54, 1.807) is 0 Å². The van der Waals surface area contributed by atoms with Crippen molar-refractivity contribution >= 4 is 10.8 Å². The van der Waals surface area contributed by atoms with E-state index < -0.39 is 0 Å². The molecule has 1 atom stereocenters. The molecule has 0 radical (unpaired) electrons. The van der Waals surface area contributed by atoms with Gasteiger partial charge in [0.05, 0.1) is 0 Å². The number of rotatable bonds is 5. The summed E-state index contributed by atoms with van der Waals surface area (Å²) in [5, 5.41) is 6.15. The molecule has 1 N–H and O–H groups in total. The zero-order chi connectivity index (χ0) is 14.5. The molecular weight excluding hydrogens is 258 g/mol. The highest BCUT2D eigenvalue weighted by molar-refractivity contribution is 5.83. The van der Waals surface area contributed by atoms with Crippen LogP contribution < -0.4 is 10.1 Å². The lowest BCUT2D eigenvalue weighted by atomic mass is 9.95. The molecule has 0 bridgehead atoms. The second-order valence-electron chi connectivity index (χ2n) is 6.18. The SMILES string of the molecule is CC(CNC1CCCCC1)Oc1ccc2ccccc2c1. The van der Waals surface area contributed by atoms with E-state index in [-0.39, 0.29) is 6.10 Å². The van der Waals surface area contributed by atoms with Crippen molar-refractivity contribution in [2.45, 2.75) is 51.2 Å². The van der Waals surface area contributed by atoms with Gasteiger partial charge in [0, 0.05) is 12.6 Å². The Morgan fingerprint density at radius 3 is 2.62 bits per heavy atom. The average Bonchev–Trinajstić information content (AvgIpc) is 2.54. The van der Waals surface area contributed by atoms with Gasteiger partial charge in [0.2, 0.25) is 0 Å². The Kier molecular flexibility index (Phi) is 4.76. The summed E-state index contributed by atoms with van der Waals surface area (Å²) >= 11 is 0. The maximum absolute atomic E-state index is 6.05. The Morgan fingerprint density at radius 2 is 1.81 bits per heavy atom. The highest BCUT2D eigenvalue weighted by Crippen LogP contribution is 2.21. The number of hydrogen-bond donors (Lipinski definition) is 1. The van der Waals surface area contributed by atoms with Crippen LogP contribution in [0.1, 0.15) is 39.0 Å². The second kappa shape index (κ2) is 6.95. The summed E-state index contributed by atoms with van der Waals surface area (Å²) in [6.45, 7) is 3.07. The van der Waals surface area contributed by atoms with Gasteiger partial charge in [-0.15, -0.1) is 0 Å². The maximum Gasteiger partial charge on any atom is 0.120 e. The molecule has 0 spiro atoms. The van der Waals surface area contributed by atoms with Gasteiger partial charge in [-0.1, -0.05) is 49.6 Å². The van der Waals surface area contributed by atoms with E-state index in [0.717, 1.165) is 12.3 Å². The molecule has 2 heteroatoms. The smallest absolute Gasteiger partial charge is 0.120 e. The minimum atomic E-state index is 0.202. The third kappa shape index (κ3) is 3.98. The first kappa shape index (κ1) is 14.4. The van der Waals surface area contributed by atoms with Crippen molar-refractivity contribution in [3.8, 4) is 5.75 Å². The molecule has 3 rings (SSSR count). The molecule has 0 amide bonds. The fraction of sp³-hybridized carbons (Fsp3) is 0.474. The van der Waals surface area contributed by atoms with Gasteiger partial charge < -0.3 is 10.1 Å². The topological polar surface area (TPSA) is 21.3 Å². The molecule has 1 saturated carbocycles. The van der Waals surface area contributed by atoms with Crippen molar-refractivity contribution in [1.82, 2.24) is 5.32 Å². The van der Waals surface area contributed by atoms with E-state index in [1.807, 2.05) is 0 Å². The fourth-order valence-electron chi connectivity index (χ4n) is 3.15. The van der Waals surface area contributed by atoms with Crippen LogP contribution in [0, 0.1) is 0 Å². The third-order valence-electron chi connectivity index (χ3n) is 4.36. The molecule has 112 valence electrons. The standard InChI is InChI=1S/C19H25NO/c1-15(14-20-18-9-3-2-4-10-18)21-19-12-11-16-7-5-6-8-17(16)13-19/h5-8,11-13,15,18,20H,2-4,9-10,14H2,1H3. The number of hydrogen-bond acceptors (Lipinski definition) is 2. The van der Waals surface area contributed by atoms with Gasteiger partial charge in [0.1, 0.15) is 11.9 Å². The van der Waals surface area contributed by atoms with Crippen LogP contribution in [0.3, 0.4) is 0 Å². The Hall–Kier alpha value is -1.54. The van der Waals surface area contributed by atoms with E-state index in [0.29, 0.717) is 6.04 Å². The summed E-state index contributed by atoms with van der Waals surface area (Å²) in [6, 6.07) is 15.4. The van der Waals surface area contributed by atoms with Crippen molar-refractivity contribution in [2.75, 3.05) is 6.54 Å². The Bertz CT molecular complexity index is 575. The number of ether oxygens (including phenoxy) is 1. The second-order valence-corrected chi connectivity index (χ2v) is 6.18. The molecule has 1 unspecified atom stereocenters. The Labute approximate surface area is 127 Å². The van der Waals surface area contributed by atoms with Crippen LogP contribution >= 0.6 is 0 Å². The summed E-state index contributed by atoms with van der Waals surface area (Å²) in [4.78, 5) is 0. The molecule has 1 fully saturated rings. The van der Waals surface area contributed by atoms with Crippen molar-refractivity contribution in [3.05, 3.63) is 42.5 Å². The van der Waals surface area contributed by atoms with Gasteiger partial charge >= 0.3 is 0 Å². The zero-order valence-corrected chi connectivity index (χ0v) is 12.8. The molecule has 0 heterocycles. The Balaban J connectivity index is 1.54. The summed E-state index contributed by atoms with van der Waals surface area (Å²) in [7, 11) is 0. The molecule has 0 aromatic heterocycles. The number of benzene rings is 2. The van der Waals surface area contributed by atoms with Crippen LogP contribution in [0.25, 0.3) is 10.8 Å². The van der Waals surface area contributed by atoms with Gasteiger partial charge in [-0.2, -0.15) is 0 Å². The largest absolute Gasteiger partial charge is 0.489 e. The van der Waals surface area contributed by atoms with Gasteiger partial charge in [-0.25, -0.2) is 0 Å². The van der Waals surface area contributed by atoms with Gasteiger partial charge in [0.15, 0.2) is 0 Å². The summed E-state index contributed by atoms with van der Waals surface area (Å²) in [5.74, 6) is 0.964. The lowest BCUT2D eigenvalue weighted by Crippen LogP contribution is -2.37.